The van der Waals surface area contributed by atoms with Crippen molar-refractivity contribution >= 4 is 40.5 Å². The molecule has 9 heteroatoms. The maximum absolute atomic E-state index is 11.7. The van der Waals surface area contributed by atoms with Crippen molar-refractivity contribution in [3.8, 4) is 0 Å². The van der Waals surface area contributed by atoms with E-state index in [-0.39, 0.29) is 11.7 Å². The number of nitrogens with zero attached hydrogens (tertiary/aromatic N) is 3. The summed E-state index contributed by atoms with van der Waals surface area (Å²) >= 11 is 1.23. The number of rotatable bonds is 4. The third-order valence-electron chi connectivity index (χ3n) is 2.93. The topological polar surface area (TPSA) is 104 Å². The lowest BCUT2D eigenvalue weighted by Gasteiger charge is -2.03. The number of para-hydroxylation sites is 2. The number of carbonyl (C=O) groups excluding carboxylic acids is 2. The average Bonchev–Trinajstić information content (AvgIpc) is 3.04. The van der Waals surface area contributed by atoms with E-state index in [9.17, 15) is 9.59 Å². The zero-order chi connectivity index (χ0) is 15.5. The molecule has 0 spiro atoms. The number of thioether (sulfide) groups is 1. The fourth-order valence-corrected chi connectivity index (χ4v) is 2.79. The van der Waals surface area contributed by atoms with Crippen LogP contribution in [0.5, 0.6) is 0 Å². The van der Waals surface area contributed by atoms with Crippen LogP contribution in [0.15, 0.2) is 29.4 Å². The van der Waals surface area contributed by atoms with Crippen LogP contribution in [-0.4, -0.2) is 43.8 Å². The summed E-state index contributed by atoms with van der Waals surface area (Å²) < 4.78 is 1.85. The second-order valence-electron chi connectivity index (χ2n) is 4.46. The van der Waals surface area contributed by atoms with Gasteiger partial charge in [-0.1, -0.05) is 23.9 Å². The number of hydrogen-bond acceptors (Lipinski definition) is 5. The normalized spacial score (nSPS) is 11.0. The Morgan fingerprint density at radius 1 is 1.36 bits per heavy atom. The molecule has 0 radical (unpaired) electrons. The summed E-state index contributed by atoms with van der Waals surface area (Å²) in [5, 5.41) is 12.4. The molecule has 0 bridgehead atoms. The van der Waals surface area contributed by atoms with E-state index >= 15 is 0 Å². The van der Waals surface area contributed by atoms with Crippen LogP contribution in [-0.2, 0) is 4.79 Å². The summed E-state index contributed by atoms with van der Waals surface area (Å²) in [6.45, 7) is 2.25. The highest BCUT2D eigenvalue weighted by molar-refractivity contribution is 7.99. The van der Waals surface area contributed by atoms with Crippen LogP contribution in [0.3, 0.4) is 0 Å². The molecular weight excluding hydrogens is 304 g/mol. The van der Waals surface area contributed by atoms with Crippen LogP contribution in [0.1, 0.15) is 6.92 Å². The molecule has 3 N–H and O–H groups in total. The number of imide groups is 1. The molecule has 3 amide bonds. The number of imidazole rings is 1. The Kier molecular flexibility index (Phi) is 3.96. The van der Waals surface area contributed by atoms with Crippen LogP contribution in [0.4, 0.5) is 4.79 Å². The molecule has 1 aromatic carbocycles. The highest BCUT2D eigenvalue weighted by Crippen LogP contribution is 2.22. The number of hydrogen-bond donors (Lipinski definition) is 3. The molecule has 0 aliphatic rings. The predicted molar refractivity (Wildman–Crippen MR) is 82.8 cm³/mol. The van der Waals surface area contributed by atoms with Gasteiger partial charge < -0.3 is 5.32 Å². The van der Waals surface area contributed by atoms with E-state index in [4.69, 9.17) is 0 Å². The van der Waals surface area contributed by atoms with Gasteiger partial charge in [-0.2, -0.15) is 0 Å². The first-order valence-corrected chi connectivity index (χ1v) is 7.69. The van der Waals surface area contributed by atoms with Gasteiger partial charge in [-0.3, -0.25) is 14.5 Å². The summed E-state index contributed by atoms with van der Waals surface area (Å²) in [7, 11) is 0. The number of nitrogens with one attached hydrogen (secondary N) is 3. The molecule has 0 atom stereocenters. The lowest BCUT2D eigenvalue weighted by molar-refractivity contribution is -0.117. The fraction of sp³-hybridized carbons (Fsp3) is 0.231. The molecule has 3 rings (SSSR count). The summed E-state index contributed by atoms with van der Waals surface area (Å²) in [4.78, 5) is 27.4. The third kappa shape index (κ3) is 2.75. The first-order chi connectivity index (χ1) is 10.7. The number of aromatic nitrogens is 4. The molecule has 0 aliphatic carbocycles. The number of urea groups is 1. The average molecular weight is 318 g/mol. The molecule has 22 heavy (non-hydrogen) atoms. The minimum absolute atomic E-state index is 0.0869. The molecule has 0 fully saturated rings. The standard InChI is InChI=1S/C13H14N6O2S/c1-2-14-12(21)16-10(20)7-22-13-18-17-11-15-8-5-3-4-6-9(8)19(11)13/h3-6H,2,7H2,1H3,(H,15,17)(H2,14,16,20,21). The molecule has 8 nitrogen and oxygen atoms in total. The van der Waals surface area contributed by atoms with E-state index in [2.05, 4.69) is 25.8 Å². The first-order valence-electron chi connectivity index (χ1n) is 6.71. The van der Waals surface area contributed by atoms with E-state index in [1.165, 1.54) is 11.8 Å². The summed E-state index contributed by atoms with van der Waals surface area (Å²) in [6.07, 6.45) is 0. The van der Waals surface area contributed by atoms with Crippen molar-refractivity contribution in [3.05, 3.63) is 24.3 Å². The van der Waals surface area contributed by atoms with Crippen LogP contribution in [0.2, 0.25) is 0 Å². The van der Waals surface area contributed by atoms with Gasteiger partial charge in [-0.05, 0) is 19.1 Å². The van der Waals surface area contributed by atoms with Gasteiger partial charge >= 0.3 is 6.03 Å². The Hall–Kier alpha value is -2.55. The fourth-order valence-electron chi connectivity index (χ4n) is 2.04. The highest BCUT2D eigenvalue weighted by Gasteiger charge is 2.14. The molecule has 114 valence electrons. The molecular formula is C13H14N6O2S. The maximum atomic E-state index is 11.7. The van der Waals surface area contributed by atoms with E-state index in [0.717, 1.165) is 11.0 Å². The van der Waals surface area contributed by atoms with Gasteiger partial charge in [-0.15, -0.1) is 5.10 Å². The zero-order valence-electron chi connectivity index (χ0n) is 11.8. The van der Waals surface area contributed by atoms with Crippen LogP contribution < -0.4 is 10.6 Å². The SMILES string of the molecule is CCNC(=O)NC(=O)CSc1n[nH]c2nc3ccccc3n12. The van der Waals surface area contributed by atoms with Gasteiger partial charge in [-0.25, -0.2) is 14.9 Å². The smallest absolute Gasteiger partial charge is 0.321 e. The number of amides is 3. The molecule has 2 heterocycles. The van der Waals surface area contributed by atoms with Crippen molar-refractivity contribution < 1.29 is 9.59 Å². The molecule has 0 unspecified atom stereocenters. The second kappa shape index (κ2) is 6.06. The Morgan fingerprint density at radius 3 is 3.00 bits per heavy atom. The Bertz CT molecular complexity index is 839. The summed E-state index contributed by atoms with van der Waals surface area (Å²) in [6, 6.07) is 7.18. The minimum atomic E-state index is -0.492. The van der Waals surface area contributed by atoms with Crippen molar-refractivity contribution in [2.75, 3.05) is 12.3 Å². The van der Waals surface area contributed by atoms with Crippen molar-refractivity contribution in [2.45, 2.75) is 12.1 Å². The van der Waals surface area contributed by atoms with E-state index in [1.807, 2.05) is 28.7 Å². The number of H-pyrrole nitrogens is 1. The van der Waals surface area contributed by atoms with E-state index < -0.39 is 6.03 Å². The number of benzene rings is 1. The Balaban J connectivity index is 1.74. The van der Waals surface area contributed by atoms with Gasteiger partial charge in [0, 0.05) is 6.54 Å². The number of aromatic amines is 1. The van der Waals surface area contributed by atoms with Gasteiger partial charge in [0.05, 0.1) is 16.8 Å². The molecule has 3 aromatic rings. The van der Waals surface area contributed by atoms with Gasteiger partial charge in [0.1, 0.15) is 0 Å². The predicted octanol–water partition coefficient (Wildman–Crippen LogP) is 1.15. The van der Waals surface area contributed by atoms with E-state index in [0.29, 0.717) is 17.5 Å². The largest absolute Gasteiger partial charge is 0.338 e. The quantitative estimate of drug-likeness (QED) is 0.626. The van der Waals surface area contributed by atoms with Crippen LogP contribution in [0, 0.1) is 0 Å². The zero-order valence-corrected chi connectivity index (χ0v) is 12.6. The molecule has 0 saturated heterocycles. The lowest BCUT2D eigenvalue weighted by atomic mass is 10.3. The highest BCUT2D eigenvalue weighted by atomic mass is 32.2. The van der Waals surface area contributed by atoms with Gasteiger partial charge in [0.2, 0.25) is 11.7 Å². The summed E-state index contributed by atoms with van der Waals surface area (Å²) in [5.41, 5.74) is 1.77. The van der Waals surface area contributed by atoms with Crippen molar-refractivity contribution in [1.82, 2.24) is 30.2 Å². The molecule has 0 saturated carbocycles. The monoisotopic (exact) mass is 318 g/mol. The summed E-state index contributed by atoms with van der Waals surface area (Å²) in [5.74, 6) is 0.327. The van der Waals surface area contributed by atoms with Crippen LogP contribution >= 0.6 is 11.8 Å². The second-order valence-corrected chi connectivity index (χ2v) is 5.40. The Labute approximate surface area is 129 Å². The number of carbonyl (C=O) groups is 2. The van der Waals surface area contributed by atoms with Crippen LogP contribution in [0.25, 0.3) is 16.8 Å². The Morgan fingerprint density at radius 2 is 2.18 bits per heavy atom. The van der Waals surface area contributed by atoms with E-state index in [1.54, 1.807) is 6.92 Å². The maximum Gasteiger partial charge on any atom is 0.321 e. The lowest BCUT2D eigenvalue weighted by Crippen LogP contribution is -2.40. The van der Waals surface area contributed by atoms with Crippen molar-refractivity contribution in [3.63, 3.8) is 0 Å². The number of fused-ring (bicyclic) bond motifs is 3. The van der Waals surface area contributed by atoms with Gasteiger partial charge in [0.15, 0.2) is 5.16 Å². The molecule has 0 aliphatic heterocycles. The molecule has 2 aromatic heterocycles. The van der Waals surface area contributed by atoms with Crippen molar-refractivity contribution in [1.29, 1.82) is 0 Å². The minimum Gasteiger partial charge on any atom is -0.338 e. The third-order valence-corrected chi connectivity index (χ3v) is 3.86. The van der Waals surface area contributed by atoms with Gasteiger partial charge in [0.25, 0.3) is 0 Å². The van der Waals surface area contributed by atoms with Crippen molar-refractivity contribution in [2.24, 2.45) is 0 Å². The first kappa shape index (κ1) is 14.4.